The molecule has 2 N–H and O–H groups in total. The molecule has 2 heterocycles. The number of fused-ring (bicyclic) bond motifs is 1. The topological polar surface area (TPSA) is 43.4 Å². The second-order valence-corrected chi connectivity index (χ2v) is 4.86. The minimum absolute atomic E-state index is 0.839. The summed E-state index contributed by atoms with van der Waals surface area (Å²) in [5.41, 5.74) is 9.40. The zero-order valence-corrected chi connectivity index (χ0v) is 10.7. The molecule has 1 saturated heterocycles. The number of anilines is 1. The third-order valence-electron chi connectivity index (χ3n) is 3.71. The Bertz CT molecular complexity index is 555. The first kappa shape index (κ1) is 11.6. The molecule has 0 atom stereocenters. The Morgan fingerprint density at radius 1 is 1.28 bits per heavy atom. The van der Waals surface area contributed by atoms with Crippen LogP contribution in [0, 0.1) is 0 Å². The van der Waals surface area contributed by atoms with Crippen molar-refractivity contribution in [2.75, 3.05) is 32.0 Å². The van der Waals surface area contributed by atoms with E-state index in [2.05, 4.69) is 28.6 Å². The average molecular weight is 245 g/mol. The van der Waals surface area contributed by atoms with E-state index in [0.717, 1.165) is 43.9 Å². The van der Waals surface area contributed by atoms with Crippen molar-refractivity contribution < 1.29 is 4.74 Å². The van der Waals surface area contributed by atoms with E-state index in [9.17, 15) is 0 Å². The van der Waals surface area contributed by atoms with Gasteiger partial charge in [-0.05, 0) is 18.2 Å². The van der Waals surface area contributed by atoms with Crippen molar-refractivity contribution in [1.29, 1.82) is 0 Å². The van der Waals surface area contributed by atoms with Crippen molar-refractivity contribution in [2.45, 2.75) is 6.54 Å². The first-order chi connectivity index (χ1) is 8.75. The van der Waals surface area contributed by atoms with Gasteiger partial charge in [0.25, 0.3) is 0 Å². The number of hydrogen-bond donors (Lipinski definition) is 1. The smallest absolute Gasteiger partial charge is 0.0594 e. The molecule has 1 aliphatic heterocycles. The van der Waals surface area contributed by atoms with E-state index in [4.69, 9.17) is 10.5 Å². The lowest BCUT2D eigenvalue weighted by Gasteiger charge is -2.26. The van der Waals surface area contributed by atoms with Gasteiger partial charge in [-0.25, -0.2) is 0 Å². The van der Waals surface area contributed by atoms with Crippen LogP contribution < -0.4 is 5.73 Å². The van der Waals surface area contributed by atoms with Crippen LogP contribution in [0.3, 0.4) is 0 Å². The van der Waals surface area contributed by atoms with Gasteiger partial charge in [0, 0.05) is 43.4 Å². The molecular weight excluding hydrogens is 226 g/mol. The van der Waals surface area contributed by atoms with Crippen LogP contribution in [-0.2, 0) is 18.3 Å². The first-order valence-corrected chi connectivity index (χ1v) is 6.38. The first-order valence-electron chi connectivity index (χ1n) is 6.38. The highest BCUT2D eigenvalue weighted by molar-refractivity contribution is 5.92. The number of nitrogen functional groups attached to an aromatic ring is 1. The highest BCUT2D eigenvalue weighted by atomic mass is 16.5. The molecular formula is C14H19N3O. The minimum Gasteiger partial charge on any atom is -0.398 e. The number of morpholine rings is 1. The van der Waals surface area contributed by atoms with Crippen molar-refractivity contribution in [1.82, 2.24) is 9.47 Å². The highest BCUT2D eigenvalue weighted by Gasteiger charge is 2.14. The Labute approximate surface area is 107 Å². The predicted molar refractivity (Wildman–Crippen MR) is 73.4 cm³/mol. The van der Waals surface area contributed by atoms with E-state index in [1.807, 2.05) is 12.1 Å². The molecule has 96 valence electrons. The molecule has 0 aliphatic carbocycles. The van der Waals surface area contributed by atoms with Crippen LogP contribution >= 0.6 is 0 Å². The number of aromatic nitrogens is 1. The van der Waals surface area contributed by atoms with Crippen molar-refractivity contribution in [3.63, 3.8) is 0 Å². The van der Waals surface area contributed by atoms with Gasteiger partial charge in [-0.2, -0.15) is 0 Å². The second-order valence-electron chi connectivity index (χ2n) is 4.86. The lowest BCUT2D eigenvalue weighted by molar-refractivity contribution is 0.0333. The number of benzene rings is 1. The molecule has 0 amide bonds. The van der Waals surface area contributed by atoms with Gasteiger partial charge < -0.3 is 15.0 Å². The monoisotopic (exact) mass is 245 g/mol. The zero-order chi connectivity index (χ0) is 12.5. The molecule has 2 aromatic rings. The maximum absolute atomic E-state index is 6.02. The number of nitrogens with two attached hydrogens (primary N) is 1. The third kappa shape index (κ3) is 1.98. The Kier molecular flexibility index (Phi) is 2.97. The van der Waals surface area contributed by atoms with E-state index in [1.54, 1.807) is 0 Å². The molecule has 4 heteroatoms. The molecule has 0 saturated carbocycles. The van der Waals surface area contributed by atoms with E-state index >= 15 is 0 Å². The Morgan fingerprint density at radius 3 is 2.78 bits per heavy atom. The molecule has 0 bridgehead atoms. The number of aryl methyl sites for hydroxylation is 1. The minimum atomic E-state index is 0.839. The molecule has 4 nitrogen and oxygen atoms in total. The molecule has 1 aromatic carbocycles. The lowest BCUT2D eigenvalue weighted by atomic mass is 10.2. The van der Waals surface area contributed by atoms with Crippen LogP contribution in [-0.4, -0.2) is 35.8 Å². The summed E-state index contributed by atoms with van der Waals surface area (Å²) in [4.78, 5) is 2.42. The van der Waals surface area contributed by atoms with Crippen molar-refractivity contribution in [3.05, 3.63) is 30.0 Å². The van der Waals surface area contributed by atoms with E-state index in [-0.39, 0.29) is 0 Å². The SMILES string of the molecule is Cn1c(CN2CCOCC2)cc2c(N)cccc21. The summed E-state index contributed by atoms with van der Waals surface area (Å²) < 4.78 is 7.61. The normalized spacial score (nSPS) is 17.4. The van der Waals surface area contributed by atoms with Gasteiger partial charge in [-0.15, -0.1) is 0 Å². The molecule has 1 aromatic heterocycles. The molecule has 1 aliphatic rings. The third-order valence-corrected chi connectivity index (χ3v) is 3.71. The van der Waals surface area contributed by atoms with E-state index in [1.165, 1.54) is 11.2 Å². The van der Waals surface area contributed by atoms with Crippen LogP contribution in [0.4, 0.5) is 5.69 Å². The number of nitrogens with zero attached hydrogens (tertiary/aromatic N) is 2. The Morgan fingerprint density at radius 2 is 2.06 bits per heavy atom. The number of ether oxygens (including phenoxy) is 1. The van der Waals surface area contributed by atoms with Crippen LogP contribution in [0.15, 0.2) is 24.3 Å². The van der Waals surface area contributed by atoms with Gasteiger partial charge in [-0.1, -0.05) is 6.07 Å². The van der Waals surface area contributed by atoms with Crippen LogP contribution in [0.5, 0.6) is 0 Å². The fraction of sp³-hybridized carbons (Fsp3) is 0.429. The van der Waals surface area contributed by atoms with Gasteiger partial charge in [0.15, 0.2) is 0 Å². The average Bonchev–Trinajstić information content (AvgIpc) is 2.70. The summed E-state index contributed by atoms with van der Waals surface area (Å²) in [6.07, 6.45) is 0. The van der Waals surface area contributed by atoms with Crippen molar-refractivity contribution in [2.24, 2.45) is 7.05 Å². The van der Waals surface area contributed by atoms with Crippen LogP contribution in [0.1, 0.15) is 5.69 Å². The fourth-order valence-electron chi connectivity index (χ4n) is 2.58. The van der Waals surface area contributed by atoms with Gasteiger partial charge in [-0.3, -0.25) is 4.90 Å². The fourth-order valence-corrected chi connectivity index (χ4v) is 2.58. The summed E-state index contributed by atoms with van der Waals surface area (Å²) in [7, 11) is 2.11. The van der Waals surface area contributed by atoms with Gasteiger partial charge in [0.05, 0.1) is 18.7 Å². The largest absolute Gasteiger partial charge is 0.398 e. The lowest BCUT2D eigenvalue weighted by Crippen LogP contribution is -2.36. The van der Waals surface area contributed by atoms with Crippen LogP contribution in [0.2, 0.25) is 0 Å². The molecule has 0 radical (unpaired) electrons. The second kappa shape index (κ2) is 4.63. The molecule has 3 rings (SSSR count). The van der Waals surface area contributed by atoms with E-state index < -0.39 is 0 Å². The van der Waals surface area contributed by atoms with Gasteiger partial charge in [0.1, 0.15) is 0 Å². The van der Waals surface area contributed by atoms with E-state index in [0.29, 0.717) is 0 Å². The standard InChI is InChI=1S/C14H19N3O/c1-16-11(10-17-5-7-18-8-6-17)9-12-13(15)3-2-4-14(12)16/h2-4,9H,5-8,10,15H2,1H3. The van der Waals surface area contributed by atoms with Crippen molar-refractivity contribution in [3.8, 4) is 0 Å². The molecule has 0 unspecified atom stereocenters. The zero-order valence-electron chi connectivity index (χ0n) is 10.7. The number of rotatable bonds is 2. The van der Waals surface area contributed by atoms with Crippen molar-refractivity contribution >= 4 is 16.6 Å². The summed E-state index contributed by atoms with van der Waals surface area (Å²) in [5, 5.41) is 1.16. The molecule has 1 fully saturated rings. The Balaban J connectivity index is 1.92. The quantitative estimate of drug-likeness (QED) is 0.817. The van der Waals surface area contributed by atoms with Gasteiger partial charge in [0.2, 0.25) is 0 Å². The number of hydrogen-bond acceptors (Lipinski definition) is 3. The van der Waals surface area contributed by atoms with Gasteiger partial charge >= 0.3 is 0 Å². The highest BCUT2D eigenvalue weighted by Crippen LogP contribution is 2.25. The summed E-state index contributed by atoms with van der Waals surface area (Å²) >= 11 is 0. The maximum atomic E-state index is 6.02. The summed E-state index contributed by atoms with van der Waals surface area (Å²) in [5.74, 6) is 0. The summed E-state index contributed by atoms with van der Waals surface area (Å²) in [6, 6.07) is 8.30. The molecule has 0 spiro atoms. The Hall–Kier alpha value is -1.52. The summed E-state index contributed by atoms with van der Waals surface area (Å²) in [6.45, 7) is 4.67. The maximum Gasteiger partial charge on any atom is 0.0594 e. The predicted octanol–water partition coefficient (Wildman–Crippen LogP) is 1.59. The van der Waals surface area contributed by atoms with Crippen LogP contribution in [0.25, 0.3) is 10.9 Å². The molecule has 18 heavy (non-hydrogen) atoms.